The SMILES string of the molecule is COCCCS(=O)c1ccc(Nc2cc(Oc3cnc(C#N)cc3C)nc3c2ncn3C)cc1. The molecule has 10 heteroatoms. The third-order valence-corrected chi connectivity index (χ3v) is 6.57. The Kier molecular flexibility index (Phi) is 7.15. The lowest BCUT2D eigenvalue weighted by atomic mass is 10.2. The molecule has 0 spiro atoms. The van der Waals surface area contributed by atoms with E-state index in [9.17, 15) is 4.21 Å². The van der Waals surface area contributed by atoms with E-state index in [0.29, 0.717) is 46.5 Å². The molecule has 0 amide bonds. The number of pyridine rings is 2. The molecule has 1 aromatic carbocycles. The van der Waals surface area contributed by atoms with E-state index in [1.165, 1.54) is 6.20 Å². The highest BCUT2D eigenvalue weighted by molar-refractivity contribution is 7.85. The summed E-state index contributed by atoms with van der Waals surface area (Å²) < 4.78 is 25.3. The van der Waals surface area contributed by atoms with Crippen LogP contribution in [0.1, 0.15) is 17.7 Å². The molecule has 3 heterocycles. The van der Waals surface area contributed by atoms with Crippen molar-refractivity contribution >= 4 is 33.3 Å². The molecule has 0 aliphatic rings. The van der Waals surface area contributed by atoms with E-state index >= 15 is 0 Å². The molecular formula is C24H24N6O3S. The Labute approximate surface area is 199 Å². The lowest BCUT2D eigenvalue weighted by Gasteiger charge is -2.12. The molecule has 1 atom stereocenters. The fourth-order valence-corrected chi connectivity index (χ4v) is 4.40. The molecule has 0 radical (unpaired) electrons. The van der Waals surface area contributed by atoms with Gasteiger partial charge in [-0.25, -0.2) is 9.97 Å². The summed E-state index contributed by atoms with van der Waals surface area (Å²) in [7, 11) is 2.43. The number of rotatable bonds is 9. The zero-order chi connectivity index (χ0) is 24.1. The molecule has 0 aliphatic carbocycles. The van der Waals surface area contributed by atoms with Crippen LogP contribution < -0.4 is 10.1 Å². The number of fused-ring (bicyclic) bond motifs is 1. The Hall–Kier alpha value is -3.81. The molecule has 9 nitrogen and oxygen atoms in total. The molecule has 3 aromatic heterocycles. The average molecular weight is 477 g/mol. The second-order valence-corrected chi connectivity index (χ2v) is 9.20. The van der Waals surface area contributed by atoms with Gasteiger partial charge in [0.1, 0.15) is 17.3 Å². The van der Waals surface area contributed by atoms with Crippen LogP contribution in [-0.2, 0) is 22.6 Å². The van der Waals surface area contributed by atoms with E-state index in [2.05, 4.69) is 20.3 Å². The largest absolute Gasteiger partial charge is 0.437 e. The molecule has 4 aromatic rings. The highest BCUT2D eigenvalue weighted by atomic mass is 32.2. The van der Waals surface area contributed by atoms with Gasteiger partial charge in [0.25, 0.3) is 0 Å². The van der Waals surface area contributed by atoms with Crippen LogP contribution in [0, 0.1) is 18.3 Å². The van der Waals surface area contributed by atoms with E-state index < -0.39 is 10.8 Å². The maximum Gasteiger partial charge on any atom is 0.223 e. The Morgan fingerprint density at radius 3 is 2.71 bits per heavy atom. The van der Waals surface area contributed by atoms with Gasteiger partial charge in [-0.05, 0) is 49.2 Å². The highest BCUT2D eigenvalue weighted by Crippen LogP contribution is 2.31. The minimum atomic E-state index is -1.07. The van der Waals surface area contributed by atoms with Gasteiger partial charge in [-0.3, -0.25) is 4.21 Å². The number of benzene rings is 1. The fraction of sp³-hybridized carbons (Fsp3) is 0.250. The smallest absolute Gasteiger partial charge is 0.223 e. The minimum Gasteiger partial charge on any atom is -0.437 e. The summed E-state index contributed by atoms with van der Waals surface area (Å²) >= 11 is 0. The topological polar surface area (TPSA) is 115 Å². The van der Waals surface area contributed by atoms with Gasteiger partial charge in [0.2, 0.25) is 5.88 Å². The molecule has 0 aliphatic heterocycles. The molecule has 0 saturated carbocycles. The van der Waals surface area contributed by atoms with Crippen molar-refractivity contribution in [2.75, 3.05) is 24.8 Å². The van der Waals surface area contributed by atoms with Gasteiger partial charge in [0.15, 0.2) is 11.4 Å². The van der Waals surface area contributed by atoms with Gasteiger partial charge in [-0.1, -0.05) is 0 Å². The number of methoxy groups -OCH3 is 1. The number of hydrogen-bond acceptors (Lipinski definition) is 8. The van der Waals surface area contributed by atoms with E-state index in [1.54, 1.807) is 25.6 Å². The third kappa shape index (κ3) is 5.22. The number of nitrogens with one attached hydrogen (secondary N) is 1. The van der Waals surface area contributed by atoms with E-state index in [1.807, 2.05) is 48.9 Å². The Bertz CT molecular complexity index is 1380. The van der Waals surface area contributed by atoms with Crippen molar-refractivity contribution in [3.8, 4) is 17.7 Å². The molecule has 0 saturated heterocycles. The van der Waals surface area contributed by atoms with Gasteiger partial charge < -0.3 is 19.4 Å². The number of ether oxygens (including phenoxy) is 2. The number of aromatic nitrogens is 4. The van der Waals surface area contributed by atoms with Crippen molar-refractivity contribution in [2.45, 2.75) is 18.2 Å². The van der Waals surface area contributed by atoms with Crippen LogP contribution in [0.5, 0.6) is 11.6 Å². The zero-order valence-electron chi connectivity index (χ0n) is 19.1. The van der Waals surface area contributed by atoms with Crippen LogP contribution >= 0.6 is 0 Å². The van der Waals surface area contributed by atoms with Crippen molar-refractivity contribution in [3.05, 3.63) is 60.2 Å². The van der Waals surface area contributed by atoms with Gasteiger partial charge in [-0.2, -0.15) is 10.2 Å². The molecule has 174 valence electrons. The first kappa shape index (κ1) is 23.4. The number of anilines is 2. The molecule has 0 bridgehead atoms. The van der Waals surface area contributed by atoms with Crippen molar-refractivity contribution in [3.63, 3.8) is 0 Å². The normalized spacial score (nSPS) is 11.8. The lowest BCUT2D eigenvalue weighted by molar-refractivity contribution is 0.200. The molecule has 1 unspecified atom stereocenters. The number of imidazole rings is 1. The molecule has 4 rings (SSSR count). The molecule has 0 fully saturated rings. The third-order valence-electron chi connectivity index (χ3n) is 5.11. The molecular weight excluding hydrogens is 452 g/mol. The summed E-state index contributed by atoms with van der Waals surface area (Å²) in [6, 6.07) is 12.9. The Morgan fingerprint density at radius 2 is 2.00 bits per heavy atom. The van der Waals surface area contributed by atoms with Crippen LogP contribution in [0.15, 0.2) is 53.8 Å². The predicted molar refractivity (Wildman–Crippen MR) is 130 cm³/mol. The Balaban J connectivity index is 1.59. The first-order valence-electron chi connectivity index (χ1n) is 10.6. The van der Waals surface area contributed by atoms with Crippen molar-refractivity contribution in [2.24, 2.45) is 7.05 Å². The van der Waals surface area contributed by atoms with Gasteiger partial charge in [-0.15, -0.1) is 0 Å². The monoisotopic (exact) mass is 476 g/mol. The van der Waals surface area contributed by atoms with Crippen molar-refractivity contribution in [1.29, 1.82) is 5.26 Å². The maximum atomic E-state index is 12.4. The molecule has 1 N–H and O–H groups in total. The second-order valence-electron chi connectivity index (χ2n) is 7.63. The van der Waals surface area contributed by atoms with Gasteiger partial charge in [0.05, 0.1) is 29.0 Å². The van der Waals surface area contributed by atoms with Crippen LogP contribution in [0.2, 0.25) is 0 Å². The van der Waals surface area contributed by atoms with E-state index in [-0.39, 0.29) is 0 Å². The highest BCUT2D eigenvalue weighted by Gasteiger charge is 2.14. The van der Waals surface area contributed by atoms with Gasteiger partial charge in [0, 0.05) is 43.2 Å². The summed E-state index contributed by atoms with van der Waals surface area (Å²) in [5, 5.41) is 12.4. The number of nitriles is 1. The number of nitrogens with zero attached hydrogens (tertiary/aromatic N) is 5. The summed E-state index contributed by atoms with van der Waals surface area (Å²) in [5.41, 5.74) is 3.98. The standard InChI is InChI=1S/C24H24N6O3S/c1-16-11-18(13-25)26-14-21(16)33-22-12-20(23-24(29-22)30(2)15-27-23)28-17-5-7-19(8-6-17)34(31)10-4-9-32-3/h5-8,11-12,14-15H,4,9-10H2,1-3H3,(H,28,29). The quantitative estimate of drug-likeness (QED) is 0.357. The van der Waals surface area contributed by atoms with E-state index in [4.69, 9.17) is 14.7 Å². The van der Waals surface area contributed by atoms with Crippen LogP contribution in [-0.4, -0.2) is 43.2 Å². The van der Waals surface area contributed by atoms with Gasteiger partial charge >= 0.3 is 0 Å². The summed E-state index contributed by atoms with van der Waals surface area (Å²) in [6.07, 6.45) is 3.95. The summed E-state index contributed by atoms with van der Waals surface area (Å²) in [4.78, 5) is 13.9. The van der Waals surface area contributed by atoms with Crippen LogP contribution in [0.4, 0.5) is 11.4 Å². The zero-order valence-corrected chi connectivity index (χ0v) is 19.9. The van der Waals surface area contributed by atoms with Crippen LogP contribution in [0.25, 0.3) is 11.2 Å². The fourth-order valence-electron chi connectivity index (χ4n) is 3.34. The predicted octanol–water partition coefficient (Wildman–Crippen LogP) is 4.22. The number of hydrogen-bond donors (Lipinski definition) is 1. The summed E-state index contributed by atoms with van der Waals surface area (Å²) in [5.74, 6) is 1.44. The maximum absolute atomic E-state index is 12.4. The second kappa shape index (κ2) is 10.4. The first-order chi connectivity index (χ1) is 16.5. The average Bonchev–Trinajstić information content (AvgIpc) is 3.22. The number of aryl methyl sites for hydroxylation is 2. The van der Waals surface area contributed by atoms with Crippen molar-refractivity contribution < 1.29 is 13.7 Å². The molecule has 34 heavy (non-hydrogen) atoms. The van der Waals surface area contributed by atoms with Crippen molar-refractivity contribution in [1.82, 2.24) is 19.5 Å². The first-order valence-corrected chi connectivity index (χ1v) is 11.9. The van der Waals surface area contributed by atoms with E-state index in [0.717, 1.165) is 22.6 Å². The summed E-state index contributed by atoms with van der Waals surface area (Å²) in [6.45, 7) is 2.44. The minimum absolute atomic E-state index is 0.324. The lowest BCUT2D eigenvalue weighted by Crippen LogP contribution is -2.02. The van der Waals surface area contributed by atoms with Crippen LogP contribution in [0.3, 0.4) is 0 Å². The Morgan fingerprint density at radius 1 is 1.21 bits per heavy atom.